The Hall–Kier alpha value is -2.01. The molecule has 0 spiro atoms. The minimum atomic E-state index is -0.341. The van der Waals surface area contributed by atoms with E-state index in [-0.39, 0.29) is 5.54 Å². The zero-order valence-electron chi connectivity index (χ0n) is 14.6. The predicted molar refractivity (Wildman–Crippen MR) is 100 cm³/mol. The number of rotatable bonds is 2. The van der Waals surface area contributed by atoms with Crippen LogP contribution in [0.3, 0.4) is 0 Å². The number of nitrogens with one attached hydrogen (secondary N) is 1. The highest BCUT2D eigenvalue weighted by molar-refractivity contribution is 5.99. The van der Waals surface area contributed by atoms with Crippen LogP contribution in [-0.2, 0) is 12.8 Å². The van der Waals surface area contributed by atoms with Gasteiger partial charge in [0.05, 0.1) is 6.07 Å². The van der Waals surface area contributed by atoms with Crippen molar-refractivity contribution in [2.24, 2.45) is 23.7 Å². The van der Waals surface area contributed by atoms with Crippen LogP contribution in [0, 0.1) is 35.0 Å². The second kappa shape index (κ2) is 4.79. The fourth-order valence-corrected chi connectivity index (χ4v) is 6.92. The summed E-state index contributed by atoms with van der Waals surface area (Å²) in [6.07, 6.45) is 8.78. The van der Waals surface area contributed by atoms with E-state index in [1.54, 1.807) is 0 Å². The standard InChI is InChI=1S/C23H24N2/c24-13-23(18-9-14-8-15(11-18)12-19(23)10-14)25-21-7-6-17-5-4-16-2-1-3-20(21)22(16)17/h1-3,6-7,14-15,18-19,25H,4-5,8-12H2. The zero-order valence-corrected chi connectivity index (χ0v) is 14.6. The number of hydrogen-bond acceptors (Lipinski definition) is 2. The minimum absolute atomic E-state index is 0.341. The smallest absolute Gasteiger partial charge is 0.131 e. The van der Waals surface area contributed by atoms with Gasteiger partial charge in [0.2, 0.25) is 0 Å². The van der Waals surface area contributed by atoms with E-state index in [4.69, 9.17) is 0 Å². The molecule has 126 valence electrons. The SMILES string of the molecule is N#CC1(Nc2ccc3c4c(cccc24)CC3)C2CC3CC(C2)CC1C3. The van der Waals surface area contributed by atoms with Crippen molar-refractivity contribution >= 4 is 16.5 Å². The third-order valence-electron chi connectivity index (χ3n) is 7.83. The van der Waals surface area contributed by atoms with Gasteiger partial charge in [0.1, 0.15) is 5.54 Å². The fourth-order valence-electron chi connectivity index (χ4n) is 6.92. The molecule has 1 N–H and O–H groups in total. The molecule has 4 fully saturated rings. The van der Waals surface area contributed by atoms with Crippen LogP contribution in [0.1, 0.15) is 43.2 Å². The Bertz CT molecular complexity index is 881. The van der Waals surface area contributed by atoms with Gasteiger partial charge in [-0.05, 0) is 91.2 Å². The first-order valence-corrected chi connectivity index (χ1v) is 10.00. The molecule has 0 heterocycles. The van der Waals surface area contributed by atoms with Crippen LogP contribution < -0.4 is 5.32 Å². The molecule has 7 rings (SSSR count). The molecule has 0 amide bonds. The molecule has 4 bridgehead atoms. The Balaban J connectivity index is 1.47. The van der Waals surface area contributed by atoms with Gasteiger partial charge < -0.3 is 5.32 Å². The van der Waals surface area contributed by atoms with Crippen LogP contribution >= 0.6 is 0 Å². The van der Waals surface area contributed by atoms with Crippen LogP contribution in [0.5, 0.6) is 0 Å². The summed E-state index contributed by atoms with van der Waals surface area (Å²) >= 11 is 0. The van der Waals surface area contributed by atoms with Gasteiger partial charge in [0, 0.05) is 11.1 Å². The molecule has 4 saturated carbocycles. The third kappa shape index (κ3) is 1.79. The van der Waals surface area contributed by atoms with Crippen molar-refractivity contribution in [2.75, 3.05) is 5.32 Å². The van der Waals surface area contributed by atoms with Gasteiger partial charge in [-0.25, -0.2) is 0 Å². The lowest BCUT2D eigenvalue weighted by molar-refractivity contribution is -0.0206. The molecule has 0 atom stereocenters. The summed E-state index contributed by atoms with van der Waals surface area (Å²) in [5.41, 5.74) is 3.81. The first-order chi connectivity index (χ1) is 12.3. The normalized spacial score (nSPS) is 37.4. The maximum atomic E-state index is 10.3. The molecule has 2 nitrogen and oxygen atoms in total. The summed E-state index contributed by atoms with van der Waals surface area (Å²) in [5, 5.41) is 16.9. The highest BCUT2D eigenvalue weighted by Crippen LogP contribution is 2.59. The summed E-state index contributed by atoms with van der Waals surface area (Å²) in [7, 11) is 0. The summed E-state index contributed by atoms with van der Waals surface area (Å²) < 4.78 is 0. The van der Waals surface area contributed by atoms with Gasteiger partial charge in [-0.15, -0.1) is 0 Å². The molecule has 2 aromatic carbocycles. The average molecular weight is 328 g/mol. The fraction of sp³-hybridized carbons (Fsp3) is 0.522. The molecule has 0 saturated heterocycles. The molecular formula is C23H24N2. The van der Waals surface area contributed by atoms with Crippen LogP contribution in [0.2, 0.25) is 0 Å². The van der Waals surface area contributed by atoms with E-state index < -0.39 is 0 Å². The molecule has 5 aliphatic rings. The number of benzene rings is 2. The van der Waals surface area contributed by atoms with Gasteiger partial charge in [0.25, 0.3) is 0 Å². The maximum Gasteiger partial charge on any atom is 0.131 e. The lowest BCUT2D eigenvalue weighted by Gasteiger charge is -2.58. The van der Waals surface area contributed by atoms with E-state index in [0.29, 0.717) is 11.8 Å². The second-order valence-electron chi connectivity index (χ2n) is 9.02. The largest absolute Gasteiger partial charge is 0.366 e. The van der Waals surface area contributed by atoms with Gasteiger partial charge in [-0.1, -0.05) is 24.3 Å². The lowest BCUT2D eigenvalue weighted by atomic mass is 9.49. The van der Waals surface area contributed by atoms with Crippen LogP contribution in [0.25, 0.3) is 10.8 Å². The molecule has 2 heteroatoms. The Kier molecular flexibility index (Phi) is 2.72. The number of hydrogen-bond donors (Lipinski definition) is 1. The molecule has 2 aromatic rings. The summed E-state index contributed by atoms with van der Waals surface area (Å²) in [4.78, 5) is 0. The molecule has 0 aromatic heterocycles. The van der Waals surface area contributed by atoms with Crippen LogP contribution in [0.4, 0.5) is 5.69 Å². The van der Waals surface area contributed by atoms with Crippen LogP contribution in [-0.4, -0.2) is 5.54 Å². The minimum Gasteiger partial charge on any atom is -0.366 e. The molecule has 0 unspecified atom stereocenters. The molecule has 0 aliphatic heterocycles. The van der Waals surface area contributed by atoms with Crippen molar-refractivity contribution < 1.29 is 0 Å². The number of nitriles is 1. The summed E-state index contributed by atoms with van der Waals surface area (Å²) in [5.74, 6) is 2.85. The number of aryl methyl sites for hydroxylation is 2. The van der Waals surface area contributed by atoms with E-state index in [0.717, 1.165) is 24.7 Å². The van der Waals surface area contributed by atoms with E-state index in [9.17, 15) is 5.26 Å². The number of anilines is 1. The van der Waals surface area contributed by atoms with Crippen molar-refractivity contribution in [3.05, 3.63) is 41.5 Å². The zero-order chi connectivity index (χ0) is 16.6. The predicted octanol–water partition coefficient (Wildman–Crippen LogP) is 5.07. The summed E-state index contributed by atoms with van der Waals surface area (Å²) in [6.45, 7) is 0. The van der Waals surface area contributed by atoms with E-state index in [1.807, 2.05) is 0 Å². The molecule has 25 heavy (non-hydrogen) atoms. The Labute approximate surface area is 149 Å². The van der Waals surface area contributed by atoms with Crippen molar-refractivity contribution in [3.63, 3.8) is 0 Å². The van der Waals surface area contributed by atoms with Crippen molar-refractivity contribution in [1.82, 2.24) is 0 Å². The van der Waals surface area contributed by atoms with Gasteiger partial charge in [-0.3, -0.25) is 0 Å². The van der Waals surface area contributed by atoms with Gasteiger partial charge in [0.15, 0.2) is 0 Å². The van der Waals surface area contributed by atoms with Gasteiger partial charge >= 0.3 is 0 Å². The summed E-state index contributed by atoms with van der Waals surface area (Å²) in [6, 6.07) is 14.1. The quantitative estimate of drug-likeness (QED) is 0.835. The Morgan fingerprint density at radius 3 is 2.24 bits per heavy atom. The highest BCUT2D eigenvalue weighted by Gasteiger charge is 2.58. The third-order valence-corrected chi connectivity index (χ3v) is 7.83. The highest BCUT2D eigenvalue weighted by atomic mass is 15.0. The molecule has 5 aliphatic carbocycles. The monoisotopic (exact) mass is 328 g/mol. The lowest BCUT2D eigenvalue weighted by Crippen LogP contribution is -2.61. The van der Waals surface area contributed by atoms with Gasteiger partial charge in [-0.2, -0.15) is 5.26 Å². The number of nitrogens with zero attached hydrogens (tertiary/aromatic N) is 1. The van der Waals surface area contributed by atoms with E-state index >= 15 is 0 Å². The van der Waals surface area contributed by atoms with E-state index in [1.165, 1.54) is 59.7 Å². The average Bonchev–Trinajstić information content (AvgIpc) is 3.05. The second-order valence-corrected chi connectivity index (χ2v) is 9.02. The van der Waals surface area contributed by atoms with E-state index in [2.05, 4.69) is 41.7 Å². The molecule has 0 radical (unpaired) electrons. The molecular weight excluding hydrogens is 304 g/mol. The topological polar surface area (TPSA) is 35.8 Å². The maximum absolute atomic E-state index is 10.3. The first-order valence-electron chi connectivity index (χ1n) is 10.00. The first kappa shape index (κ1) is 14.2. The van der Waals surface area contributed by atoms with Crippen molar-refractivity contribution in [1.29, 1.82) is 5.26 Å². The Morgan fingerprint density at radius 1 is 0.880 bits per heavy atom. The Morgan fingerprint density at radius 2 is 1.56 bits per heavy atom. The van der Waals surface area contributed by atoms with Crippen LogP contribution in [0.15, 0.2) is 30.3 Å². The van der Waals surface area contributed by atoms with Crippen molar-refractivity contribution in [2.45, 2.75) is 50.5 Å². The van der Waals surface area contributed by atoms with Crippen molar-refractivity contribution in [3.8, 4) is 6.07 Å².